The number of hydrogen-bond acceptors (Lipinski definition) is 4. The molecule has 0 saturated carbocycles. The molecule has 118 valence electrons. The Labute approximate surface area is 137 Å². The Morgan fingerprint density at radius 1 is 1.35 bits per heavy atom. The number of rotatable bonds is 4. The fourth-order valence-electron chi connectivity index (χ4n) is 2.27. The summed E-state index contributed by atoms with van der Waals surface area (Å²) in [6, 6.07) is 12.0. The zero-order chi connectivity index (χ0) is 16.4. The molecular weight excluding hydrogens is 316 g/mol. The van der Waals surface area contributed by atoms with E-state index in [1.165, 1.54) is 6.26 Å². The van der Waals surface area contributed by atoms with Gasteiger partial charge in [-0.3, -0.25) is 4.79 Å². The van der Waals surface area contributed by atoms with E-state index in [1.54, 1.807) is 49.4 Å². The van der Waals surface area contributed by atoms with Gasteiger partial charge in [0.2, 0.25) is 0 Å². The number of fused-ring (bicyclic) bond motifs is 1. The molecule has 0 aliphatic rings. The molecule has 6 heteroatoms. The number of carbonyl (C=O) groups excluding carboxylic acids is 1. The molecule has 0 saturated heterocycles. The molecule has 1 amide bonds. The maximum Gasteiger partial charge on any atom is 0.251 e. The number of nitrogens with zero attached hydrogens (tertiary/aromatic N) is 1. The zero-order valence-corrected chi connectivity index (χ0v) is 13.2. The summed E-state index contributed by atoms with van der Waals surface area (Å²) in [7, 11) is 0. The van der Waals surface area contributed by atoms with E-state index in [0.29, 0.717) is 16.5 Å². The van der Waals surface area contributed by atoms with E-state index in [2.05, 4.69) is 10.3 Å². The predicted octanol–water partition coefficient (Wildman–Crippen LogP) is 3.12. The summed E-state index contributed by atoms with van der Waals surface area (Å²) in [5, 5.41) is 14.3. The molecule has 23 heavy (non-hydrogen) atoms. The highest BCUT2D eigenvalue weighted by Crippen LogP contribution is 2.20. The summed E-state index contributed by atoms with van der Waals surface area (Å²) in [5.41, 5.74) is -0.0704. The van der Waals surface area contributed by atoms with E-state index in [-0.39, 0.29) is 12.5 Å². The second-order valence-corrected chi connectivity index (χ2v) is 5.86. The van der Waals surface area contributed by atoms with Crippen LogP contribution in [0, 0.1) is 0 Å². The number of nitrogens with one attached hydrogen (secondary N) is 1. The van der Waals surface area contributed by atoms with E-state index in [1.807, 2.05) is 0 Å². The van der Waals surface area contributed by atoms with Crippen LogP contribution >= 0.6 is 11.6 Å². The van der Waals surface area contributed by atoms with Crippen molar-refractivity contribution < 1.29 is 14.3 Å². The van der Waals surface area contributed by atoms with Gasteiger partial charge in [-0.25, -0.2) is 4.98 Å². The van der Waals surface area contributed by atoms with Gasteiger partial charge in [0.05, 0.1) is 18.3 Å². The third-order valence-electron chi connectivity index (χ3n) is 3.56. The average Bonchev–Trinajstić information content (AvgIpc) is 3.07. The molecule has 0 bridgehead atoms. The number of carbonyl (C=O) groups is 1. The second kappa shape index (κ2) is 6.02. The fraction of sp³-hybridized carbons (Fsp3) is 0.176. The topological polar surface area (TPSA) is 75.4 Å². The van der Waals surface area contributed by atoms with Crippen molar-refractivity contribution in [3.05, 3.63) is 65.2 Å². The Balaban J connectivity index is 1.74. The van der Waals surface area contributed by atoms with Gasteiger partial charge in [0, 0.05) is 10.9 Å². The number of hydrogen-bond donors (Lipinski definition) is 2. The number of benzene rings is 1. The quantitative estimate of drug-likeness (QED) is 0.721. The molecule has 5 nitrogen and oxygen atoms in total. The highest BCUT2D eigenvalue weighted by molar-refractivity contribution is 6.29. The first-order valence-corrected chi connectivity index (χ1v) is 7.44. The molecule has 2 heterocycles. The third-order valence-corrected chi connectivity index (χ3v) is 3.77. The maximum atomic E-state index is 12.3. The summed E-state index contributed by atoms with van der Waals surface area (Å²) in [5.74, 6) is 0.115. The molecule has 0 spiro atoms. The van der Waals surface area contributed by atoms with Crippen LogP contribution in [-0.2, 0) is 5.60 Å². The lowest BCUT2D eigenvalue weighted by atomic mass is 10.0. The van der Waals surface area contributed by atoms with Gasteiger partial charge < -0.3 is 14.8 Å². The monoisotopic (exact) mass is 330 g/mol. The minimum Gasteiger partial charge on any atom is -0.466 e. The van der Waals surface area contributed by atoms with E-state index >= 15 is 0 Å². The molecule has 0 fully saturated rings. The Bertz CT molecular complexity index is 844. The SMILES string of the molecule is CC(O)(CNC(=O)c1ccc2nc(Cl)ccc2c1)c1ccco1. The first-order valence-electron chi connectivity index (χ1n) is 7.06. The molecular formula is C17H15ClN2O3. The van der Waals surface area contributed by atoms with Gasteiger partial charge in [0.25, 0.3) is 5.91 Å². The Morgan fingerprint density at radius 2 is 2.17 bits per heavy atom. The highest BCUT2D eigenvalue weighted by Gasteiger charge is 2.26. The van der Waals surface area contributed by atoms with Gasteiger partial charge >= 0.3 is 0 Å². The van der Waals surface area contributed by atoms with Crippen LogP contribution in [0.5, 0.6) is 0 Å². The molecule has 2 N–H and O–H groups in total. The van der Waals surface area contributed by atoms with Gasteiger partial charge in [0.15, 0.2) is 0 Å². The zero-order valence-electron chi connectivity index (χ0n) is 12.4. The number of aromatic nitrogens is 1. The number of aliphatic hydroxyl groups is 1. The van der Waals surface area contributed by atoms with Crippen LogP contribution in [0.3, 0.4) is 0 Å². The smallest absolute Gasteiger partial charge is 0.251 e. The van der Waals surface area contributed by atoms with Crippen LogP contribution in [0.4, 0.5) is 0 Å². The van der Waals surface area contributed by atoms with E-state index in [0.717, 1.165) is 10.9 Å². The van der Waals surface area contributed by atoms with Crippen molar-refractivity contribution in [3.8, 4) is 0 Å². The minimum absolute atomic E-state index is 0.0379. The van der Waals surface area contributed by atoms with Crippen molar-refractivity contribution >= 4 is 28.4 Å². The van der Waals surface area contributed by atoms with E-state index < -0.39 is 5.60 Å². The van der Waals surface area contributed by atoms with Crippen LogP contribution in [0.15, 0.2) is 53.1 Å². The second-order valence-electron chi connectivity index (χ2n) is 5.48. The summed E-state index contributed by atoms with van der Waals surface area (Å²) in [6.07, 6.45) is 1.48. The fourth-order valence-corrected chi connectivity index (χ4v) is 2.42. The molecule has 3 rings (SSSR count). The number of furan rings is 1. The lowest BCUT2D eigenvalue weighted by Gasteiger charge is -2.21. The van der Waals surface area contributed by atoms with Gasteiger partial charge in [-0.2, -0.15) is 0 Å². The van der Waals surface area contributed by atoms with Crippen molar-refractivity contribution in [2.75, 3.05) is 6.54 Å². The maximum absolute atomic E-state index is 12.3. The molecule has 1 aromatic carbocycles. The summed E-state index contributed by atoms with van der Waals surface area (Å²) < 4.78 is 5.18. The normalized spacial score (nSPS) is 13.7. The summed E-state index contributed by atoms with van der Waals surface area (Å²) in [4.78, 5) is 16.4. The van der Waals surface area contributed by atoms with E-state index in [4.69, 9.17) is 16.0 Å². The van der Waals surface area contributed by atoms with Crippen LogP contribution in [0.25, 0.3) is 10.9 Å². The first kappa shape index (κ1) is 15.5. The lowest BCUT2D eigenvalue weighted by molar-refractivity contribution is 0.0330. The number of pyridine rings is 1. The number of amides is 1. The highest BCUT2D eigenvalue weighted by atomic mass is 35.5. The molecule has 3 aromatic rings. The molecule has 0 aliphatic heterocycles. The van der Waals surface area contributed by atoms with Crippen molar-refractivity contribution in [1.82, 2.24) is 10.3 Å². The molecule has 1 atom stereocenters. The molecule has 2 aromatic heterocycles. The van der Waals surface area contributed by atoms with Crippen LogP contribution in [-0.4, -0.2) is 22.5 Å². The van der Waals surface area contributed by atoms with Gasteiger partial charge in [-0.15, -0.1) is 0 Å². The van der Waals surface area contributed by atoms with Crippen molar-refractivity contribution in [2.45, 2.75) is 12.5 Å². The standard InChI is InChI=1S/C17H15ClN2O3/c1-17(22,14-3-2-8-23-14)10-19-16(21)12-4-6-13-11(9-12)5-7-15(18)20-13/h2-9,22H,10H2,1H3,(H,19,21). The molecule has 1 unspecified atom stereocenters. The Kier molecular flexibility index (Phi) is 4.07. The summed E-state index contributed by atoms with van der Waals surface area (Å²) in [6.45, 7) is 1.62. The number of halogens is 1. The van der Waals surface area contributed by atoms with Gasteiger partial charge in [-0.1, -0.05) is 11.6 Å². The minimum atomic E-state index is -1.27. The molecule has 0 radical (unpaired) electrons. The van der Waals surface area contributed by atoms with Crippen LogP contribution in [0.1, 0.15) is 23.0 Å². The van der Waals surface area contributed by atoms with Crippen LogP contribution in [0.2, 0.25) is 5.15 Å². The van der Waals surface area contributed by atoms with Crippen LogP contribution < -0.4 is 5.32 Å². The lowest BCUT2D eigenvalue weighted by Crippen LogP contribution is -2.38. The third kappa shape index (κ3) is 3.36. The Hall–Kier alpha value is -2.37. The first-order chi connectivity index (χ1) is 11.0. The summed E-state index contributed by atoms with van der Waals surface area (Å²) >= 11 is 5.84. The Morgan fingerprint density at radius 3 is 2.91 bits per heavy atom. The van der Waals surface area contributed by atoms with Crippen molar-refractivity contribution in [3.63, 3.8) is 0 Å². The van der Waals surface area contributed by atoms with Crippen molar-refractivity contribution in [2.24, 2.45) is 0 Å². The predicted molar refractivity (Wildman–Crippen MR) is 87.4 cm³/mol. The largest absolute Gasteiger partial charge is 0.466 e. The van der Waals surface area contributed by atoms with Gasteiger partial charge in [0.1, 0.15) is 16.5 Å². The van der Waals surface area contributed by atoms with Gasteiger partial charge in [-0.05, 0) is 49.4 Å². The average molecular weight is 331 g/mol. The van der Waals surface area contributed by atoms with Crippen molar-refractivity contribution in [1.29, 1.82) is 0 Å². The molecule has 0 aliphatic carbocycles. The van der Waals surface area contributed by atoms with E-state index in [9.17, 15) is 9.90 Å².